The van der Waals surface area contributed by atoms with Crippen LogP contribution < -0.4 is 53.2 Å². The fraction of sp³-hybridized carbons (Fsp3) is 0.535. The van der Waals surface area contributed by atoms with Gasteiger partial charge in [-0.25, -0.2) is 0 Å². The molecule has 0 radical (unpaired) electrons. The highest BCUT2D eigenvalue weighted by molar-refractivity contribution is 5.99. The van der Waals surface area contributed by atoms with Crippen LogP contribution in [0.15, 0.2) is 42.6 Å². The number of carboxylic acids is 2. The number of para-hydroxylation sites is 1. The number of carbonyl (C=O) groups excluding carboxylic acids is 10. The van der Waals surface area contributed by atoms with Gasteiger partial charge in [0.2, 0.25) is 41.4 Å². The number of nitrogens with zero attached hydrogens (tertiary/aromatic N) is 1. The Morgan fingerprint density at radius 2 is 1.44 bits per heavy atom. The molecule has 1 aromatic carbocycles. The quantitative estimate of drug-likeness (QED) is 0.0465. The molecule has 2 aliphatic rings. The van der Waals surface area contributed by atoms with Crippen LogP contribution in [0.25, 0.3) is 10.9 Å². The van der Waals surface area contributed by atoms with Crippen molar-refractivity contribution in [3.05, 3.63) is 48.2 Å². The number of amides is 8. The van der Waals surface area contributed by atoms with Crippen LogP contribution in [-0.4, -0.2) is 142 Å². The van der Waals surface area contributed by atoms with Gasteiger partial charge < -0.3 is 77.7 Å². The first-order valence-corrected chi connectivity index (χ1v) is 21.7. The summed E-state index contributed by atoms with van der Waals surface area (Å²) >= 11 is 0. The predicted octanol–water partition coefficient (Wildman–Crippen LogP) is -6.43. The SMILES string of the molecule is CC(C)[C@H](NC(=O)[C@H](Cc1c[nH]c2ccccc12)NC(=O)[C@H](CO)NC(=O)[C@H](CC(=O)[O-])NC(=O)[C@@H](NC(=O)[C@@H]1CCCN1C(=O)[C@H](/C=C/C(N)=O)NC(=O)[C@@H]1CCC[NH2+]1)C(C)C)C(=O)[O-]. The van der Waals surface area contributed by atoms with E-state index in [2.05, 4.69) is 36.9 Å². The summed E-state index contributed by atoms with van der Waals surface area (Å²) in [5.74, 6) is -11.9. The zero-order valence-electron chi connectivity index (χ0n) is 37.1. The number of hydrogen-bond acceptors (Lipinski definition) is 13. The monoisotopic (exact) mass is 923 g/mol. The molecule has 66 heavy (non-hydrogen) atoms. The molecule has 12 N–H and O–H groups in total. The number of aromatic nitrogens is 1. The number of aromatic amines is 1. The van der Waals surface area contributed by atoms with Crippen LogP contribution in [0.1, 0.15) is 65.4 Å². The van der Waals surface area contributed by atoms with Gasteiger partial charge in [0, 0.05) is 61.4 Å². The second kappa shape index (κ2) is 23.9. The maximum Gasteiger partial charge on any atom is 0.279 e. The molecular weight excluding hydrogens is 865 g/mol. The highest BCUT2D eigenvalue weighted by atomic mass is 16.4. The highest BCUT2D eigenvalue weighted by Gasteiger charge is 2.40. The van der Waals surface area contributed by atoms with E-state index in [0.29, 0.717) is 29.3 Å². The van der Waals surface area contributed by atoms with Crippen molar-refractivity contribution in [2.45, 2.75) is 115 Å². The number of primary amides is 1. The second-order valence-corrected chi connectivity index (χ2v) is 17.0. The number of nitrogens with one attached hydrogen (secondary N) is 7. The van der Waals surface area contributed by atoms with Crippen LogP contribution in [0.3, 0.4) is 0 Å². The average Bonchev–Trinajstić information content (AvgIpc) is 4.06. The average molecular weight is 924 g/mol. The number of aliphatic hydroxyl groups excluding tert-OH is 1. The number of aliphatic carboxylic acids is 2. The summed E-state index contributed by atoms with van der Waals surface area (Å²) < 4.78 is 0. The zero-order valence-corrected chi connectivity index (χ0v) is 37.1. The van der Waals surface area contributed by atoms with Crippen molar-refractivity contribution in [1.82, 2.24) is 41.8 Å². The number of fused-ring (bicyclic) bond motifs is 1. The Balaban J connectivity index is 1.48. The molecule has 0 bridgehead atoms. The molecular formula is C43H59N10O13-. The number of likely N-dealkylation sites (tertiary alicyclic amines) is 1. The minimum Gasteiger partial charge on any atom is -0.550 e. The summed E-state index contributed by atoms with van der Waals surface area (Å²) in [5, 5.41) is 50.8. The van der Waals surface area contributed by atoms with E-state index in [1.165, 1.54) is 18.7 Å². The largest absolute Gasteiger partial charge is 0.550 e. The summed E-state index contributed by atoms with van der Waals surface area (Å²) in [5.41, 5.74) is 6.50. The molecule has 4 rings (SSSR count). The third kappa shape index (κ3) is 14.1. The van der Waals surface area contributed by atoms with Crippen molar-refractivity contribution >= 4 is 70.1 Å². The molecule has 2 aromatic rings. The molecule has 0 unspecified atom stereocenters. The first-order chi connectivity index (χ1) is 31.2. The molecule has 8 atom stereocenters. The van der Waals surface area contributed by atoms with Crippen LogP contribution in [0.2, 0.25) is 0 Å². The van der Waals surface area contributed by atoms with E-state index in [1.54, 1.807) is 44.3 Å². The molecule has 2 saturated heterocycles. The predicted molar refractivity (Wildman–Crippen MR) is 228 cm³/mol. The van der Waals surface area contributed by atoms with E-state index in [0.717, 1.165) is 25.1 Å². The van der Waals surface area contributed by atoms with Gasteiger partial charge in [-0.3, -0.25) is 38.4 Å². The number of rotatable bonds is 23. The molecule has 2 aliphatic heterocycles. The van der Waals surface area contributed by atoms with E-state index in [9.17, 15) is 63.3 Å². The third-order valence-electron chi connectivity index (χ3n) is 11.4. The fourth-order valence-electron chi connectivity index (χ4n) is 7.78. The van der Waals surface area contributed by atoms with Gasteiger partial charge in [0.25, 0.3) is 5.91 Å². The topological polar surface area (TPSA) is 371 Å². The number of aliphatic hydroxyl groups is 1. The second-order valence-electron chi connectivity index (χ2n) is 17.0. The molecule has 0 spiro atoms. The van der Waals surface area contributed by atoms with Crippen molar-refractivity contribution in [3.63, 3.8) is 0 Å². The van der Waals surface area contributed by atoms with E-state index in [-0.39, 0.29) is 19.4 Å². The van der Waals surface area contributed by atoms with Gasteiger partial charge in [-0.1, -0.05) is 45.9 Å². The van der Waals surface area contributed by atoms with Crippen molar-refractivity contribution in [3.8, 4) is 0 Å². The minimum absolute atomic E-state index is 0.0853. The normalized spacial score (nSPS) is 18.7. The van der Waals surface area contributed by atoms with Gasteiger partial charge in [-0.15, -0.1) is 0 Å². The van der Waals surface area contributed by atoms with Crippen LogP contribution in [-0.2, 0) is 54.4 Å². The first-order valence-electron chi connectivity index (χ1n) is 21.7. The number of nitrogens with two attached hydrogens (primary N) is 2. The molecule has 8 amide bonds. The summed E-state index contributed by atoms with van der Waals surface area (Å²) in [6, 6.07) is -4.04. The fourth-order valence-corrected chi connectivity index (χ4v) is 7.78. The van der Waals surface area contributed by atoms with Gasteiger partial charge in [-0.05, 0) is 42.4 Å². The summed E-state index contributed by atoms with van der Waals surface area (Å²) in [7, 11) is 0. The van der Waals surface area contributed by atoms with Gasteiger partial charge >= 0.3 is 0 Å². The summed E-state index contributed by atoms with van der Waals surface area (Å²) in [6.45, 7) is 5.87. The van der Waals surface area contributed by atoms with E-state index in [1.807, 2.05) is 5.32 Å². The zero-order chi connectivity index (χ0) is 48.8. The summed E-state index contributed by atoms with van der Waals surface area (Å²) in [4.78, 5) is 135. The Bertz CT molecular complexity index is 2170. The number of quaternary nitrogens is 1. The van der Waals surface area contributed by atoms with Gasteiger partial charge in [0.15, 0.2) is 6.04 Å². The van der Waals surface area contributed by atoms with Gasteiger partial charge in [0.05, 0.1) is 25.2 Å². The smallest absolute Gasteiger partial charge is 0.279 e. The number of benzene rings is 1. The van der Waals surface area contributed by atoms with E-state index in [4.69, 9.17) is 5.73 Å². The number of carboxylic acid groups (broad SMARTS) is 2. The summed E-state index contributed by atoms with van der Waals surface area (Å²) in [6.07, 6.45) is 4.20. The van der Waals surface area contributed by atoms with Crippen molar-refractivity contribution in [2.75, 3.05) is 19.7 Å². The van der Waals surface area contributed by atoms with Gasteiger partial charge in [-0.2, -0.15) is 0 Å². The van der Waals surface area contributed by atoms with Crippen molar-refractivity contribution < 1.29 is 68.6 Å². The van der Waals surface area contributed by atoms with Crippen LogP contribution in [0.4, 0.5) is 0 Å². The number of carbonyl (C=O) groups is 10. The highest BCUT2D eigenvalue weighted by Crippen LogP contribution is 2.21. The third-order valence-corrected chi connectivity index (χ3v) is 11.4. The molecule has 0 aliphatic carbocycles. The maximum atomic E-state index is 13.8. The first kappa shape index (κ1) is 51.8. The lowest BCUT2D eigenvalue weighted by molar-refractivity contribution is -0.657. The molecule has 2 fully saturated rings. The van der Waals surface area contributed by atoms with Crippen molar-refractivity contribution in [2.24, 2.45) is 17.6 Å². The van der Waals surface area contributed by atoms with Crippen LogP contribution in [0, 0.1) is 11.8 Å². The standard InChI is InChI=1S/C43H60N10O13/c1-21(2)34(51-40(62)31-12-8-16-53(31)42(64)27(13-14-32(44)55)47-36(58)26-11-7-15-45-26)41(63)49-29(18-33(56)57)37(59)50-30(20-54)39(61)48-28(38(60)52-35(22(3)4)43(65)66)17-23-19-46-25-10-6-5-9-24(23)25/h5-6,9-10,13-14,19,21-22,26-31,34-35,45-46,54H,7-8,11-12,15-18,20H2,1-4H3,(H2,44,55)(H,47,58)(H,48,61)(H,49,63)(H,50,59)(H,51,62)(H,52,60)(H,56,57)(H,65,66)/p-1/b14-13+/t26-,27-,28-,29-,30-,31-,34-,35-/m0/s1. The minimum atomic E-state index is -1.94. The lowest BCUT2D eigenvalue weighted by Crippen LogP contribution is -2.89. The van der Waals surface area contributed by atoms with Crippen LogP contribution >= 0.6 is 0 Å². The van der Waals surface area contributed by atoms with Crippen molar-refractivity contribution in [1.29, 1.82) is 0 Å². The molecule has 23 heteroatoms. The lowest BCUT2D eigenvalue weighted by Gasteiger charge is -2.30. The number of hydrogen-bond donors (Lipinski definition) is 10. The molecule has 23 nitrogen and oxygen atoms in total. The Morgan fingerprint density at radius 1 is 0.803 bits per heavy atom. The lowest BCUT2D eigenvalue weighted by atomic mass is 10.0. The van der Waals surface area contributed by atoms with E-state index < -0.39 is 132 Å². The maximum absolute atomic E-state index is 13.8. The van der Waals surface area contributed by atoms with E-state index >= 15 is 0 Å². The Morgan fingerprint density at radius 3 is 2.05 bits per heavy atom. The Hall–Kier alpha value is -6.88. The van der Waals surface area contributed by atoms with Gasteiger partial charge in [0.1, 0.15) is 36.3 Å². The van der Waals surface area contributed by atoms with Crippen LogP contribution in [0.5, 0.6) is 0 Å². The Kier molecular flexibility index (Phi) is 18.7. The molecule has 3 heterocycles. The molecule has 360 valence electrons. The molecule has 1 aromatic heterocycles. The molecule has 0 saturated carbocycles. The number of H-pyrrole nitrogens is 1. The Labute approximate surface area is 379 Å².